The van der Waals surface area contributed by atoms with Crippen LogP contribution in [0.15, 0.2) is 24.3 Å². The van der Waals surface area contributed by atoms with Crippen molar-refractivity contribution >= 4 is 10.0 Å². The van der Waals surface area contributed by atoms with Crippen LogP contribution in [0.25, 0.3) is 0 Å². The zero-order chi connectivity index (χ0) is 14.7. The Hall–Kier alpha value is -0.910. The first-order valence-electron chi connectivity index (χ1n) is 7.93. The smallest absolute Gasteiger partial charge is 0.214 e. The van der Waals surface area contributed by atoms with E-state index >= 15 is 0 Å². The van der Waals surface area contributed by atoms with Gasteiger partial charge in [0.05, 0.1) is 5.75 Å². The molecule has 0 bridgehead atoms. The summed E-state index contributed by atoms with van der Waals surface area (Å²) in [6, 6.07) is 8.86. The van der Waals surface area contributed by atoms with Crippen molar-refractivity contribution in [1.29, 1.82) is 0 Å². The van der Waals surface area contributed by atoms with Crippen LogP contribution < -0.4 is 5.32 Å². The van der Waals surface area contributed by atoms with Gasteiger partial charge in [0.1, 0.15) is 0 Å². The van der Waals surface area contributed by atoms with Gasteiger partial charge in [-0.15, -0.1) is 0 Å². The van der Waals surface area contributed by atoms with E-state index in [0.717, 1.165) is 31.4 Å². The summed E-state index contributed by atoms with van der Waals surface area (Å²) in [5.74, 6) is 0.279. The maximum atomic E-state index is 12.4. The van der Waals surface area contributed by atoms with Gasteiger partial charge in [-0.25, -0.2) is 8.42 Å². The van der Waals surface area contributed by atoms with E-state index in [-0.39, 0.29) is 5.75 Å². The molecule has 0 unspecified atom stereocenters. The number of nitrogens with zero attached hydrogens (tertiary/aromatic N) is 1. The molecule has 3 rings (SSSR count). The normalized spacial score (nSPS) is 19.4. The van der Waals surface area contributed by atoms with Crippen LogP contribution in [0.3, 0.4) is 0 Å². The predicted octanol–water partition coefficient (Wildman–Crippen LogP) is 1.91. The summed E-state index contributed by atoms with van der Waals surface area (Å²) in [7, 11) is -3.11. The highest BCUT2D eigenvalue weighted by molar-refractivity contribution is 7.89. The molecule has 0 amide bonds. The quantitative estimate of drug-likeness (QED) is 0.783. The fourth-order valence-electron chi connectivity index (χ4n) is 2.84. The lowest BCUT2D eigenvalue weighted by atomic mass is 10.0. The summed E-state index contributed by atoms with van der Waals surface area (Å²) in [5, 5.41) is 3.43. The third-order valence-corrected chi connectivity index (χ3v) is 6.23. The zero-order valence-electron chi connectivity index (χ0n) is 12.4. The third-order valence-electron chi connectivity index (χ3n) is 4.33. The van der Waals surface area contributed by atoms with Crippen molar-refractivity contribution in [2.75, 3.05) is 18.8 Å². The first-order chi connectivity index (χ1) is 10.1. The molecule has 1 fully saturated rings. The van der Waals surface area contributed by atoms with Crippen LogP contribution in [-0.2, 0) is 23.0 Å². The van der Waals surface area contributed by atoms with Gasteiger partial charge in [0, 0.05) is 19.1 Å². The highest BCUT2D eigenvalue weighted by atomic mass is 32.2. The number of fused-ring (bicyclic) bond motifs is 1. The van der Waals surface area contributed by atoms with E-state index in [1.54, 1.807) is 4.31 Å². The third kappa shape index (κ3) is 4.05. The number of benzene rings is 1. The lowest BCUT2D eigenvalue weighted by Gasteiger charge is -2.28. The number of unbranched alkanes of at least 4 members (excludes halogenated alkanes) is 1. The minimum absolute atomic E-state index is 0.279. The molecule has 0 radical (unpaired) electrons. The average molecular weight is 308 g/mol. The maximum absolute atomic E-state index is 12.4. The molecule has 1 aromatic rings. The predicted molar refractivity (Wildman–Crippen MR) is 84.6 cm³/mol. The molecule has 1 N–H and O–H groups in total. The van der Waals surface area contributed by atoms with E-state index < -0.39 is 10.0 Å². The molecule has 5 heteroatoms. The first-order valence-corrected chi connectivity index (χ1v) is 9.54. The summed E-state index contributed by atoms with van der Waals surface area (Å²) in [6.07, 6.45) is 5.09. The zero-order valence-corrected chi connectivity index (χ0v) is 13.2. The topological polar surface area (TPSA) is 49.4 Å². The SMILES string of the molecule is O=S(=O)(CCCCNC1CC1)N1CCc2ccccc2C1. The number of rotatable bonds is 7. The first kappa shape index (κ1) is 15.0. The van der Waals surface area contributed by atoms with E-state index in [2.05, 4.69) is 11.4 Å². The van der Waals surface area contributed by atoms with Gasteiger partial charge >= 0.3 is 0 Å². The van der Waals surface area contributed by atoms with Gasteiger partial charge < -0.3 is 5.32 Å². The Morgan fingerprint density at radius 3 is 2.67 bits per heavy atom. The Balaban J connectivity index is 1.48. The van der Waals surface area contributed by atoms with Crippen molar-refractivity contribution in [3.05, 3.63) is 35.4 Å². The van der Waals surface area contributed by atoms with E-state index in [9.17, 15) is 8.42 Å². The lowest BCUT2D eigenvalue weighted by Crippen LogP contribution is -2.37. The molecular weight excluding hydrogens is 284 g/mol. The van der Waals surface area contributed by atoms with Gasteiger partial charge in [-0.2, -0.15) is 4.31 Å². The van der Waals surface area contributed by atoms with Gasteiger partial charge in [-0.3, -0.25) is 0 Å². The van der Waals surface area contributed by atoms with Gasteiger partial charge in [0.25, 0.3) is 0 Å². The number of hydrogen-bond donors (Lipinski definition) is 1. The van der Waals surface area contributed by atoms with E-state index in [4.69, 9.17) is 0 Å². The van der Waals surface area contributed by atoms with Crippen molar-refractivity contribution in [3.63, 3.8) is 0 Å². The van der Waals surface area contributed by atoms with E-state index in [1.165, 1.54) is 18.4 Å². The molecule has 21 heavy (non-hydrogen) atoms. The molecule has 1 heterocycles. The van der Waals surface area contributed by atoms with Crippen molar-refractivity contribution in [2.45, 2.75) is 44.7 Å². The van der Waals surface area contributed by atoms with E-state index in [1.807, 2.05) is 18.2 Å². The molecule has 116 valence electrons. The molecule has 0 spiro atoms. The van der Waals surface area contributed by atoms with Crippen molar-refractivity contribution < 1.29 is 8.42 Å². The molecule has 1 saturated carbocycles. The summed E-state index contributed by atoms with van der Waals surface area (Å²) in [4.78, 5) is 0. The monoisotopic (exact) mass is 308 g/mol. The average Bonchev–Trinajstić information content (AvgIpc) is 3.30. The minimum atomic E-state index is -3.11. The highest BCUT2D eigenvalue weighted by Gasteiger charge is 2.26. The lowest BCUT2D eigenvalue weighted by molar-refractivity contribution is 0.390. The van der Waals surface area contributed by atoms with Gasteiger partial charge in [0.15, 0.2) is 0 Å². The molecule has 0 atom stereocenters. The number of hydrogen-bond acceptors (Lipinski definition) is 3. The Labute approximate surface area is 127 Å². The van der Waals surface area contributed by atoms with Gasteiger partial charge in [-0.05, 0) is 49.8 Å². The Bertz CT molecular complexity index is 582. The van der Waals surface area contributed by atoms with Crippen LogP contribution in [-0.4, -0.2) is 37.6 Å². The fourth-order valence-corrected chi connectivity index (χ4v) is 4.37. The number of sulfonamides is 1. The second-order valence-corrected chi connectivity index (χ2v) is 8.19. The molecule has 1 aliphatic heterocycles. The maximum Gasteiger partial charge on any atom is 0.214 e. The molecule has 1 aliphatic carbocycles. The summed E-state index contributed by atoms with van der Waals surface area (Å²) < 4.78 is 26.5. The van der Waals surface area contributed by atoms with E-state index in [0.29, 0.717) is 19.1 Å². The van der Waals surface area contributed by atoms with Gasteiger partial charge in [0.2, 0.25) is 10.0 Å². The Morgan fingerprint density at radius 1 is 1.14 bits per heavy atom. The standard InChI is InChI=1S/C16H24N2O2S/c19-21(20,12-4-3-10-17-16-7-8-16)18-11-9-14-5-1-2-6-15(14)13-18/h1-2,5-6,16-17H,3-4,7-13H2. The Kier molecular flexibility index (Phi) is 4.62. The minimum Gasteiger partial charge on any atom is -0.314 e. The summed E-state index contributed by atoms with van der Waals surface area (Å²) in [6.45, 7) is 2.11. The second kappa shape index (κ2) is 6.46. The van der Waals surface area contributed by atoms with Crippen LogP contribution in [0.1, 0.15) is 36.8 Å². The van der Waals surface area contributed by atoms with Crippen LogP contribution in [0, 0.1) is 0 Å². The van der Waals surface area contributed by atoms with Crippen LogP contribution >= 0.6 is 0 Å². The molecule has 2 aliphatic rings. The molecule has 1 aromatic carbocycles. The van der Waals surface area contributed by atoms with Crippen LogP contribution in [0.4, 0.5) is 0 Å². The second-order valence-electron chi connectivity index (χ2n) is 6.10. The molecule has 0 saturated heterocycles. The Morgan fingerprint density at radius 2 is 1.90 bits per heavy atom. The van der Waals surface area contributed by atoms with Crippen LogP contribution in [0.2, 0.25) is 0 Å². The van der Waals surface area contributed by atoms with Crippen molar-refractivity contribution in [2.24, 2.45) is 0 Å². The summed E-state index contributed by atoms with van der Waals surface area (Å²) in [5.41, 5.74) is 2.44. The largest absolute Gasteiger partial charge is 0.314 e. The summed E-state index contributed by atoms with van der Waals surface area (Å²) >= 11 is 0. The number of nitrogens with one attached hydrogen (secondary N) is 1. The molecular formula is C16H24N2O2S. The molecule has 4 nitrogen and oxygen atoms in total. The fraction of sp³-hybridized carbons (Fsp3) is 0.625. The van der Waals surface area contributed by atoms with Crippen LogP contribution in [0.5, 0.6) is 0 Å². The highest BCUT2D eigenvalue weighted by Crippen LogP contribution is 2.21. The van der Waals surface area contributed by atoms with Crippen molar-refractivity contribution in [1.82, 2.24) is 9.62 Å². The van der Waals surface area contributed by atoms with Crippen molar-refractivity contribution in [3.8, 4) is 0 Å². The molecule has 0 aromatic heterocycles. The van der Waals surface area contributed by atoms with Gasteiger partial charge in [-0.1, -0.05) is 24.3 Å².